The molecule has 2 heterocycles. The van der Waals surface area contributed by atoms with Crippen molar-refractivity contribution in [2.75, 3.05) is 0 Å². The molecule has 18 heavy (non-hydrogen) atoms. The molecule has 0 bridgehead atoms. The van der Waals surface area contributed by atoms with Crippen molar-refractivity contribution < 1.29 is 0 Å². The van der Waals surface area contributed by atoms with Crippen molar-refractivity contribution in [3.8, 4) is 6.07 Å². The molecule has 0 aliphatic carbocycles. The molecule has 86 valence electrons. The number of nitrogens with one attached hydrogen (secondary N) is 1. The first-order valence-corrected chi connectivity index (χ1v) is 6.53. The number of hydrogen-bond acceptors (Lipinski definition) is 2. The molecule has 0 radical (unpaired) electrons. The summed E-state index contributed by atoms with van der Waals surface area (Å²) in [6.07, 6.45) is 3.87. The second-order valence-corrected chi connectivity index (χ2v) is 4.75. The molecule has 2 aromatic heterocycles. The highest BCUT2D eigenvalue weighted by atomic mass is 32.1. The fourth-order valence-electron chi connectivity index (χ4n) is 1.97. The number of rotatable bonds is 2. The first-order chi connectivity index (χ1) is 8.88. The third kappa shape index (κ3) is 1.83. The van der Waals surface area contributed by atoms with Crippen LogP contribution in [0.1, 0.15) is 11.1 Å². The number of aromatic amines is 1. The summed E-state index contributed by atoms with van der Waals surface area (Å²) in [6.45, 7) is 0. The number of nitrogens with zero attached hydrogens (tertiary/aromatic N) is 1. The number of benzene rings is 1. The minimum absolute atomic E-state index is 0.695. The number of thiophene rings is 1. The van der Waals surface area contributed by atoms with Gasteiger partial charge in [0.15, 0.2) is 0 Å². The van der Waals surface area contributed by atoms with Crippen LogP contribution >= 0.6 is 11.3 Å². The average Bonchev–Trinajstić information content (AvgIpc) is 3.06. The van der Waals surface area contributed by atoms with Crippen LogP contribution in [0.3, 0.4) is 0 Å². The summed E-state index contributed by atoms with van der Waals surface area (Å²) in [7, 11) is 0. The Balaban J connectivity index is 2.13. The molecular formula is C15H10N2S. The zero-order valence-electron chi connectivity index (χ0n) is 9.55. The van der Waals surface area contributed by atoms with Crippen molar-refractivity contribution in [1.82, 2.24) is 4.98 Å². The van der Waals surface area contributed by atoms with Crippen LogP contribution in [0.4, 0.5) is 0 Å². The maximum Gasteiger partial charge on any atom is 0.0998 e. The van der Waals surface area contributed by atoms with Crippen molar-refractivity contribution in [1.29, 1.82) is 5.26 Å². The third-order valence-electron chi connectivity index (χ3n) is 2.87. The number of para-hydroxylation sites is 1. The van der Waals surface area contributed by atoms with E-state index in [2.05, 4.69) is 17.1 Å². The van der Waals surface area contributed by atoms with Gasteiger partial charge in [-0.1, -0.05) is 18.2 Å². The van der Waals surface area contributed by atoms with Crippen LogP contribution in [0.15, 0.2) is 47.3 Å². The Hall–Kier alpha value is -2.31. The molecule has 3 rings (SSSR count). The zero-order chi connectivity index (χ0) is 12.4. The summed E-state index contributed by atoms with van der Waals surface area (Å²) in [5.41, 5.74) is 3.81. The molecule has 0 amide bonds. The molecule has 2 nitrogen and oxygen atoms in total. The Morgan fingerprint density at radius 1 is 1.28 bits per heavy atom. The Bertz CT molecular complexity index is 742. The van der Waals surface area contributed by atoms with Crippen molar-refractivity contribution >= 4 is 33.9 Å². The van der Waals surface area contributed by atoms with Gasteiger partial charge in [-0.15, -0.1) is 0 Å². The van der Waals surface area contributed by atoms with E-state index in [1.807, 2.05) is 47.3 Å². The quantitative estimate of drug-likeness (QED) is 0.677. The van der Waals surface area contributed by atoms with Crippen molar-refractivity contribution in [2.45, 2.75) is 0 Å². The van der Waals surface area contributed by atoms with Crippen molar-refractivity contribution in [3.05, 3.63) is 58.4 Å². The maximum absolute atomic E-state index is 9.24. The fourth-order valence-corrected chi connectivity index (χ4v) is 2.62. The van der Waals surface area contributed by atoms with Crippen LogP contribution in [-0.4, -0.2) is 4.98 Å². The van der Waals surface area contributed by atoms with Crippen LogP contribution < -0.4 is 0 Å². The lowest BCUT2D eigenvalue weighted by Crippen LogP contribution is -1.76. The fraction of sp³-hybridized carbons (Fsp3) is 0. The first-order valence-electron chi connectivity index (χ1n) is 5.59. The minimum atomic E-state index is 0.695. The number of nitriles is 1. The van der Waals surface area contributed by atoms with Gasteiger partial charge >= 0.3 is 0 Å². The summed E-state index contributed by atoms with van der Waals surface area (Å²) >= 11 is 1.60. The van der Waals surface area contributed by atoms with E-state index in [1.165, 1.54) is 0 Å². The molecule has 0 atom stereocenters. The summed E-state index contributed by atoms with van der Waals surface area (Å²) in [5, 5.41) is 14.4. The van der Waals surface area contributed by atoms with E-state index < -0.39 is 0 Å². The van der Waals surface area contributed by atoms with E-state index in [0.717, 1.165) is 22.0 Å². The summed E-state index contributed by atoms with van der Waals surface area (Å²) in [5.74, 6) is 0. The van der Waals surface area contributed by atoms with Gasteiger partial charge in [-0.25, -0.2) is 0 Å². The van der Waals surface area contributed by atoms with Gasteiger partial charge in [0.1, 0.15) is 0 Å². The van der Waals surface area contributed by atoms with Gasteiger partial charge in [-0.2, -0.15) is 16.6 Å². The van der Waals surface area contributed by atoms with Crippen molar-refractivity contribution in [3.63, 3.8) is 0 Å². The van der Waals surface area contributed by atoms with Crippen LogP contribution in [0.25, 0.3) is 22.6 Å². The maximum atomic E-state index is 9.24. The van der Waals surface area contributed by atoms with Crippen LogP contribution in [0, 0.1) is 11.3 Å². The highest BCUT2D eigenvalue weighted by molar-refractivity contribution is 7.08. The molecular weight excluding hydrogens is 240 g/mol. The Morgan fingerprint density at radius 2 is 2.17 bits per heavy atom. The molecule has 0 aliphatic rings. The standard InChI is InChI=1S/C15H10N2S/c16-8-12(11-5-6-18-10-11)7-13-9-17-15-4-2-1-3-14(13)15/h1-7,9-10,17H/b12-7+. The molecule has 0 spiro atoms. The molecule has 0 saturated heterocycles. The second-order valence-electron chi connectivity index (χ2n) is 3.97. The number of aromatic nitrogens is 1. The van der Waals surface area contributed by atoms with E-state index in [4.69, 9.17) is 0 Å². The minimum Gasteiger partial charge on any atom is -0.361 e. The molecule has 0 fully saturated rings. The van der Waals surface area contributed by atoms with Gasteiger partial charge in [0.2, 0.25) is 0 Å². The van der Waals surface area contributed by atoms with E-state index in [1.54, 1.807) is 11.3 Å². The van der Waals surface area contributed by atoms with Gasteiger partial charge in [-0.3, -0.25) is 0 Å². The van der Waals surface area contributed by atoms with Gasteiger partial charge in [0, 0.05) is 28.2 Å². The van der Waals surface area contributed by atoms with Crippen LogP contribution in [-0.2, 0) is 0 Å². The number of hydrogen-bond donors (Lipinski definition) is 1. The summed E-state index contributed by atoms with van der Waals surface area (Å²) < 4.78 is 0. The average molecular weight is 250 g/mol. The Kier molecular flexibility index (Phi) is 2.71. The van der Waals surface area contributed by atoms with E-state index >= 15 is 0 Å². The van der Waals surface area contributed by atoms with E-state index in [0.29, 0.717) is 5.57 Å². The van der Waals surface area contributed by atoms with Crippen LogP contribution in [0.5, 0.6) is 0 Å². The van der Waals surface area contributed by atoms with Crippen LogP contribution in [0.2, 0.25) is 0 Å². The summed E-state index contributed by atoms with van der Waals surface area (Å²) in [4.78, 5) is 3.21. The lowest BCUT2D eigenvalue weighted by Gasteiger charge is -1.94. The zero-order valence-corrected chi connectivity index (χ0v) is 10.4. The monoisotopic (exact) mass is 250 g/mol. The first kappa shape index (κ1) is 10.8. The largest absolute Gasteiger partial charge is 0.361 e. The predicted octanol–water partition coefficient (Wildman–Crippen LogP) is 4.29. The Labute approximate surface area is 109 Å². The molecule has 3 aromatic rings. The van der Waals surface area contributed by atoms with Crippen molar-refractivity contribution in [2.24, 2.45) is 0 Å². The lowest BCUT2D eigenvalue weighted by atomic mass is 10.1. The second kappa shape index (κ2) is 4.52. The predicted molar refractivity (Wildman–Crippen MR) is 76.1 cm³/mol. The number of fused-ring (bicyclic) bond motifs is 1. The van der Waals surface area contributed by atoms with Gasteiger partial charge in [0.05, 0.1) is 11.6 Å². The molecule has 0 unspecified atom stereocenters. The normalized spacial score (nSPS) is 11.6. The summed E-state index contributed by atoms with van der Waals surface area (Å²) in [6, 6.07) is 12.3. The Morgan fingerprint density at radius 3 is 2.94 bits per heavy atom. The number of H-pyrrole nitrogens is 1. The number of allylic oxidation sites excluding steroid dienone is 1. The molecule has 3 heteroatoms. The SMILES string of the molecule is N#C/C(=C\c1c[nH]c2ccccc12)c1ccsc1. The highest BCUT2D eigenvalue weighted by Gasteiger charge is 2.04. The van der Waals surface area contributed by atoms with E-state index in [9.17, 15) is 5.26 Å². The third-order valence-corrected chi connectivity index (χ3v) is 3.56. The molecule has 1 N–H and O–H groups in total. The topological polar surface area (TPSA) is 39.6 Å². The highest BCUT2D eigenvalue weighted by Crippen LogP contribution is 2.24. The molecule has 0 aliphatic heterocycles. The van der Waals surface area contributed by atoms with Gasteiger partial charge in [0.25, 0.3) is 0 Å². The smallest absolute Gasteiger partial charge is 0.0998 e. The van der Waals surface area contributed by atoms with E-state index in [-0.39, 0.29) is 0 Å². The van der Waals surface area contributed by atoms with Gasteiger partial charge < -0.3 is 4.98 Å². The van der Waals surface area contributed by atoms with Gasteiger partial charge in [-0.05, 0) is 29.0 Å². The molecule has 1 aromatic carbocycles. The lowest BCUT2D eigenvalue weighted by molar-refractivity contribution is 1.47. The molecule has 0 saturated carbocycles.